The summed E-state index contributed by atoms with van der Waals surface area (Å²) in [5.41, 5.74) is 7.53. The van der Waals surface area contributed by atoms with Gasteiger partial charge in [-0.05, 0) is 31.9 Å². The lowest BCUT2D eigenvalue weighted by atomic mass is 10.0. The summed E-state index contributed by atoms with van der Waals surface area (Å²) >= 11 is 0. The zero-order valence-electron chi connectivity index (χ0n) is 12.6. The molecule has 0 spiro atoms. The van der Waals surface area contributed by atoms with E-state index >= 15 is 0 Å². The Bertz CT molecular complexity index is 513. The van der Waals surface area contributed by atoms with Gasteiger partial charge >= 0.3 is 0 Å². The number of aryl methyl sites for hydroxylation is 1. The van der Waals surface area contributed by atoms with Crippen molar-refractivity contribution in [2.75, 3.05) is 18.0 Å². The van der Waals surface area contributed by atoms with E-state index in [1.165, 1.54) is 0 Å². The minimum Gasteiger partial charge on any atom is -0.344 e. The van der Waals surface area contributed by atoms with Gasteiger partial charge in [0, 0.05) is 24.7 Å². The lowest BCUT2D eigenvalue weighted by Gasteiger charge is -2.33. The average molecular weight is 289 g/mol. The van der Waals surface area contributed by atoms with Crippen LogP contribution in [0.2, 0.25) is 0 Å². The van der Waals surface area contributed by atoms with Gasteiger partial charge in [-0.1, -0.05) is 24.6 Å². The maximum atomic E-state index is 12.5. The molecule has 2 unspecified atom stereocenters. The SMILES string of the molecule is Cc1ccc(N2CCCC(NC(=O)C(C)CN)C2=O)cc1. The fraction of sp³-hybridized carbons (Fsp3) is 0.500. The minimum absolute atomic E-state index is 0.0392. The summed E-state index contributed by atoms with van der Waals surface area (Å²) in [6.07, 6.45) is 1.56. The predicted octanol–water partition coefficient (Wildman–Crippen LogP) is 1.20. The topological polar surface area (TPSA) is 75.4 Å². The van der Waals surface area contributed by atoms with Crippen molar-refractivity contribution in [3.05, 3.63) is 29.8 Å². The van der Waals surface area contributed by atoms with Crippen molar-refractivity contribution in [1.82, 2.24) is 5.32 Å². The van der Waals surface area contributed by atoms with Gasteiger partial charge in [0.05, 0.1) is 0 Å². The molecule has 0 aliphatic carbocycles. The zero-order valence-corrected chi connectivity index (χ0v) is 12.6. The lowest BCUT2D eigenvalue weighted by molar-refractivity contribution is -0.130. The third-order valence-corrected chi connectivity index (χ3v) is 3.90. The van der Waals surface area contributed by atoms with Crippen LogP contribution in [-0.2, 0) is 9.59 Å². The van der Waals surface area contributed by atoms with Crippen molar-refractivity contribution in [2.45, 2.75) is 32.7 Å². The van der Waals surface area contributed by atoms with E-state index < -0.39 is 6.04 Å². The zero-order chi connectivity index (χ0) is 15.4. The lowest BCUT2D eigenvalue weighted by Crippen LogP contribution is -2.53. The number of carbonyl (C=O) groups excluding carboxylic acids is 2. The molecule has 1 aromatic carbocycles. The van der Waals surface area contributed by atoms with E-state index in [1.54, 1.807) is 11.8 Å². The fourth-order valence-electron chi connectivity index (χ4n) is 2.41. The average Bonchev–Trinajstić information content (AvgIpc) is 2.49. The van der Waals surface area contributed by atoms with Crippen LogP contribution in [0.3, 0.4) is 0 Å². The number of hydrogen-bond donors (Lipinski definition) is 2. The Kier molecular flexibility index (Phi) is 4.96. The van der Waals surface area contributed by atoms with Crippen LogP contribution in [0.25, 0.3) is 0 Å². The van der Waals surface area contributed by atoms with E-state index in [0.717, 1.165) is 17.7 Å². The smallest absolute Gasteiger partial charge is 0.249 e. The molecule has 0 aromatic heterocycles. The monoisotopic (exact) mass is 289 g/mol. The van der Waals surface area contributed by atoms with E-state index in [2.05, 4.69) is 5.32 Å². The number of amides is 2. The third-order valence-electron chi connectivity index (χ3n) is 3.90. The molecular weight excluding hydrogens is 266 g/mol. The number of benzene rings is 1. The molecule has 114 valence electrons. The molecule has 2 atom stereocenters. The van der Waals surface area contributed by atoms with Crippen LogP contribution in [0.4, 0.5) is 5.69 Å². The van der Waals surface area contributed by atoms with Crippen LogP contribution in [0.5, 0.6) is 0 Å². The molecule has 3 N–H and O–H groups in total. The largest absolute Gasteiger partial charge is 0.344 e. The Labute approximate surface area is 125 Å². The number of nitrogens with two attached hydrogens (primary N) is 1. The first-order valence-electron chi connectivity index (χ1n) is 7.41. The van der Waals surface area contributed by atoms with Crippen LogP contribution in [0.15, 0.2) is 24.3 Å². The van der Waals surface area contributed by atoms with Gasteiger partial charge < -0.3 is 16.0 Å². The van der Waals surface area contributed by atoms with E-state index in [0.29, 0.717) is 13.0 Å². The Hall–Kier alpha value is -1.88. The highest BCUT2D eigenvalue weighted by Gasteiger charge is 2.31. The summed E-state index contributed by atoms with van der Waals surface area (Å²) in [5, 5.41) is 2.82. The first-order chi connectivity index (χ1) is 10.0. The molecule has 2 amide bonds. The Balaban J connectivity index is 2.07. The quantitative estimate of drug-likeness (QED) is 0.874. The van der Waals surface area contributed by atoms with E-state index in [9.17, 15) is 9.59 Å². The molecule has 5 nitrogen and oxygen atoms in total. The molecule has 1 aliphatic heterocycles. The highest BCUT2D eigenvalue weighted by molar-refractivity contribution is 6.00. The van der Waals surface area contributed by atoms with E-state index in [1.807, 2.05) is 31.2 Å². The Morgan fingerprint density at radius 1 is 1.43 bits per heavy atom. The summed E-state index contributed by atoms with van der Waals surface area (Å²) in [7, 11) is 0. The van der Waals surface area contributed by atoms with Gasteiger partial charge in [-0.15, -0.1) is 0 Å². The van der Waals surface area contributed by atoms with Gasteiger partial charge in [-0.2, -0.15) is 0 Å². The second kappa shape index (κ2) is 6.72. The molecule has 0 bridgehead atoms. The van der Waals surface area contributed by atoms with Crippen LogP contribution < -0.4 is 16.0 Å². The molecule has 1 saturated heterocycles. The van der Waals surface area contributed by atoms with E-state index in [4.69, 9.17) is 5.73 Å². The number of rotatable bonds is 4. The number of hydrogen-bond acceptors (Lipinski definition) is 3. The summed E-state index contributed by atoms with van der Waals surface area (Å²) < 4.78 is 0. The second-order valence-corrected chi connectivity index (χ2v) is 5.67. The number of anilines is 1. The molecule has 0 radical (unpaired) electrons. The van der Waals surface area contributed by atoms with Crippen molar-refractivity contribution in [3.8, 4) is 0 Å². The van der Waals surface area contributed by atoms with Crippen molar-refractivity contribution in [1.29, 1.82) is 0 Å². The molecule has 2 rings (SSSR count). The summed E-state index contributed by atoms with van der Waals surface area (Å²) in [5.74, 6) is -0.461. The van der Waals surface area contributed by atoms with Crippen molar-refractivity contribution in [3.63, 3.8) is 0 Å². The molecule has 0 saturated carbocycles. The molecular formula is C16H23N3O2. The second-order valence-electron chi connectivity index (χ2n) is 5.67. The van der Waals surface area contributed by atoms with Crippen LogP contribution in [0, 0.1) is 12.8 Å². The highest BCUT2D eigenvalue weighted by Crippen LogP contribution is 2.21. The van der Waals surface area contributed by atoms with Gasteiger partial charge in [0.15, 0.2) is 0 Å². The van der Waals surface area contributed by atoms with Crippen molar-refractivity contribution >= 4 is 17.5 Å². The van der Waals surface area contributed by atoms with Crippen molar-refractivity contribution in [2.24, 2.45) is 11.7 Å². The summed E-state index contributed by atoms with van der Waals surface area (Å²) in [6, 6.07) is 7.42. The normalized spacial score (nSPS) is 20.2. The highest BCUT2D eigenvalue weighted by atomic mass is 16.2. The van der Waals surface area contributed by atoms with Crippen LogP contribution >= 0.6 is 0 Å². The van der Waals surface area contributed by atoms with Crippen LogP contribution in [0.1, 0.15) is 25.3 Å². The van der Waals surface area contributed by atoms with Gasteiger partial charge in [0.25, 0.3) is 0 Å². The van der Waals surface area contributed by atoms with Gasteiger partial charge in [0.1, 0.15) is 6.04 Å². The minimum atomic E-state index is -0.443. The first kappa shape index (κ1) is 15.5. The van der Waals surface area contributed by atoms with Crippen molar-refractivity contribution < 1.29 is 9.59 Å². The molecule has 1 heterocycles. The molecule has 21 heavy (non-hydrogen) atoms. The summed E-state index contributed by atoms with van der Waals surface area (Å²) in [4.78, 5) is 26.2. The predicted molar refractivity (Wildman–Crippen MR) is 82.9 cm³/mol. The van der Waals surface area contributed by atoms with Crippen LogP contribution in [-0.4, -0.2) is 30.9 Å². The standard InChI is InChI=1S/C16H23N3O2/c1-11-5-7-13(8-6-11)19-9-3-4-14(16(19)21)18-15(20)12(2)10-17/h5-8,12,14H,3-4,9-10,17H2,1-2H3,(H,18,20). The van der Waals surface area contributed by atoms with E-state index in [-0.39, 0.29) is 24.3 Å². The third kappa shape index (κ3) is 3.61. The Morgan fingerprint density at radius 2 is 2.10 bits per heavy atom. The number of nitrogens with one attached hydrogen (secondary N) is 1. The number of piperidine rings is 1. The first-order valence-corrected chi connectivity index (χ1v) is 7.41. The molecule has 1 aliphatic rings. The molecule has 5 heteroatoms. The summed E-state index contributed by atoms with van der Waals surface area (Å²) in [6.45, 7) is 4.76. The maximum Gasteiger partial charge on any atom is 0.249 e. The van der Waals surface area contributed by atoms with Gasteiger partial charge in [-0.25, -0.2) is 0 Å². The fourth-order valence-corrected chi connectivity index (χ4v) is 2.41. The number of carbonyl (C=O) groups is 2. The maximum absolute atomic E-state index is 12.5. The molecule has 1 fully saturated rings. The van der Waals surface area contributed by atoms with Gasteiger partial charge in [0.2, 0.25) is 11.8 Å². The molecule has 1 aromatic rings. The van der Waals surface area contributed by atoms with Gasteiger partial charge in [-0.3, -0.25) is 9.59 Å². The number of nitrogens with zero attached hydrogens (tertiary/aromatic N) is 1. The Morgan fingerprint density at radius 3 is 2.71 bits per heavy atom.